The van der Waals surface area contributed by atoms with Gasteiger partial charge >= 0.3 is 0 Å². The summed E-state index contributed by atoms with van der Waals surface area (Å²) < 4.78 is 15.6. The van der Waals surface area contributed by atoms with Gasteiger partial charge in [0, 0.05) is 6.07 Å². The van der Waals surface area contributed by atoms with Crippen LogP contribution in [-0.2, 0) is 4.79 Å². The van der Waals surface area contributed by atoms with Crippen molar-refractivity contribution in [1.29, 1.82) is 0 Å². The Hall–Kier alpha value is -2.63. The number of aryl methyl sites for hydroxylation is 1. The highest BCUT2D eigenvalue weighted by atomic mass is 32.2. The fraction of sp³-hybridized carbons (Fsp3) is 0.118. The third kappa shape index (κ3) is 4.80. The van der Waals surface area contributed by atoms with Gasteiger partial charge in [-0.2, -0.15) is 0 Å². The highest BCUT2D eigenvalue weighted by Crippen LogP contribution is 2.27. The average Bonchev–Trinajstić information content (AvgIpc) is 3.03. The molecule has 28 heavy (non-hydrogen) atoms. The molecule has 1 aromatic heterocycles. The smallest absolute Gasteiger partial charge is 0.293 e. The van der Waals surface area contributed by atoms with Crippen LogP contribution >= 0.6 is 35.3 Å². The van der Waals surface area contributed by atoms with Crippen molar-refractivity contribution in [3.63, 3.8) is 0 Å². The number of anilines is 1. The fourth-order valence-corrected chi connectivity index (χ4v) is 4.44. The molecule has 1 N–H and O–H groups in total. The van der Waals surface area contributed by atoms with Crippen LogP contribution in [0.5, 0.6) is 0 Å². The number of hydrogen-bond acceptors (Lipinski definition) is 7. The zero-order valence-electron chi connectivity index (χ0n) is 14.4. The molecule has 0 radical (unpaired) electrons. The lowest BCUT2D eigenvalue weighted by Crippen LogP contribution is -2.15. The molecule has 0 fully saturated rings. The molecule has 144 valence electrons. The van der Waals surface area contributed by atoms with E-state index in [2.05, 4.69) is 10.4 Å². The number of carbonyl (C=O) groups is 1. The number of nitro groups is 1. The number of hydrogen-bond donors (Lipinski definition) is 1. The van der Waals surface area contributed by atoms with Crippen LogP contribution in [0.1, 0.15) is 5.56 Å². The summed E-state index contributed by atoms with van der Waals surface area (Å²) in [6.07, 6.45) is 0. The standard InChI is InChI=1S/C17H13FN4O3S3/c1-10-2-7-13(14(8-10)22(24)25)19-15(23)9-27-16-20-21(17(26)28-16)12-5-3-11(18)4-6-12/h2-8H,9H2,1H3,(H,19,23). The van der Waals surface area contributed by atoms with Crippen LogP contribution < -0.4 is 5.32 Å². The van der Waals surface area contributed by atoms with Crippen molar-refractivity contribution in [3.8, 4) is 5.69 Å². The van der Waals surface area contributed by atoms with Gasteiger partial charge in [0.15, 0.2) is 8.29 Å². The summed E-state index contributed by atoms with van der Waals surface area (Å²) in [5.74, 6) is -0.745. The largest absolute Gasteiger partial charge is 0.320 e. The number of benzene rings is 2. The van der Waals surface area contributed by atoms with Crippen LogP contribution in [0.15, 0.2) is 46.8 Å². The van der Waals surface area contributed by atoms with Gasteiger partial charge in [-0.3, -0.25) is 14.9 Å². The third-order valence-corrected chi connectivity index (χ3v) is 5.92. The van der Waals surface area contributed by atoms with E-state index in [1.165, 1.54) is 40.3 Å². The van der Waals surface area contributed by atoms with Gasteiger partial charge in [-0.05, 0) is 55.0 Å². The lowest BCUT2D eigenvalue weighted by molar-refractivity contribution is -0.384. The van der Waals surface area contributed by atoms with E-state index in [1.54, 1.807) is 25.1 Å². The summed E-state index contributed by atoms with van der Waals surface area (Å²) in [6.45, 7) is 1.74. The molecule has 3 aromatic rings. The Balaban J connectivity index is 1.67. The molecule has 0 saturated heterocycles. The van der Waals surface area contributed by atoms with Crippen LogP contribution in [0, 0.1) is 26.8 Å². The molecule has 2 aromatic carbocycles. The summed E-state index contributed by atoms with van der Waals surface area (Å²) in [5.41, 5.74) is 1.33. The Morgan fingerprint density at radius 1 is 1.36 bits per heavy atom. The summed E-state index contributed by atoms with van der Waals surface area (Å²) >= 11 is 7.65. The Morgan fingerprint density at radius 3 is 2.75 bits per heavy atom. The Morgan fingerprint density at radius 2 is 2.07 bits per heavy atom. The Labute approximate surface area is 172 Å². The first-order valence-corrected chi connectivity index (χ1v) is 10.1. The molecule has 0 bridgehead atoms. The molecule has 0 aliphatic heterocycles. The maximum absolute atomic E-state index is 13.1. The van der Waals surface area contributed by atoms with Crippen LogP contribution in [0.25, 0.3) is 5.69 Å². The number of nitrogens with one attached hydrogen (secondary N) is 1. The average molecular weight is 437 g/mol. The molecule has 1 heterocycles. The van der Waals surface area contributed by atoms with E-state index in [0.717, 1.165) is 17.3 Å². The van der Waals surface area contributed by atoms with E-state index in [9.17, 15) is 19.3 Å². The van der Waals surface area contributed by atoms with Crippen LogP contribution in [0.2, 0.25) is 0 Å². The first-order valence-electron chi connectivity index (χ1n) is 7.87. The molecule has 1 amide bonds. The molecule has 0 spiro atoms. The highest BCUT2D eigenvalue weighted by molar-refractivity contribution is 8.01. The van der Waals surface area contributed by atoms with E-state index < -0.39 is 10.8 Å². The second-order valence-corrected chi connectivity index (χ2v) is 8.48. The molecule has 0 atom stereocenters. The lowest BCUT2D eigenvalue weighted by Gasteiger charge is -2.06. The molecule has 11 heteroatoms. The van der Waals surface area contributed by atoms with Crippen molar-refractivity contribution in [2.45, 2.75) is 11.3 Å². The maximum Gasteiger partial charge on any atom is 0.293 e. The normalized spacial score (nSPS) is 10.6. The zero-order chi connectivity index (χ0) is 20.3. The topological polar surface area (TPSA) is 90.1 Å². The first-order chi connectivity index (χ1) is 13.3. The van der Waals surface area contributed by atoms with Gasteiger partial charge in [-0.1, -0.05) is 29.2 Å². The minimum absolute atomic E-state index is 0.0107. The fourth-order valence-electron chi connectivity index (χ4n) is 2.28. The van der Waals surface area contributed by atoms with E-state index in [-0.39, 0.29) is 22.9 Å². The van der Waals surface area contributed by atoms with E-state index >= 15 is 0 Å². The predicted octanol–water partition coefficient (Wildman–Crippen LogP) is 4.75. The quantitative estimate of drug-likeness (QED) is 0.260. The minimum atomic E-state index is -0.536. The van der Waals surface area contributed by atoms with Crippen LogP contribution in [0.4, 0.5) is 15.8 Å². The number of amides is 1. The molecule has 0 aliphatic rings. The van der Waals surface area contributed by atoms with Crippen molar-refractivity contribution >= 4 is 52.6 Å². The predicted molar refractivity (Wildman–Crippen MR) is 109 cm³/mol. The molecule has 0 aliphatic carbocycles. The van der Waals surface area contributed by atoms with Gasteiger partial charge in [0.05, 0.1) is 16.4 Å². The van der Waals surface area contributed by atoms with Crippen LogP contribution in [-0.4, -0.2) is 26.4 Å². The molecular formula is C17H13FN4O3S3. The monoisotopic (exact) mass is 436 g/mol. The van der Waals surface area contributed by atoms with Crippen molar-refractivity contribution in [2.24, 2.45) is 0 Å². The van der Waals surface area contributed by atoms with Crippen LogP contribution in [0.3, 0.4) is 0 Å². The first kappa shape index (κ1) is 20.1. The van der Waals surface area contributed by atoms with Crippen molar-refractivity contribution in [2.75, 3.05) is 11.1 Å². The molecule has 3 rings (SSSR count). The van der Waals surface area contributed by atoms with Crippen molar-refractivity contribution in [1.82, 2.24) is 9.78 Å². The second kappa shape index (κ2) is 8.59. The van der Waals surface area contributed by atoms with Gasteiger partial charge in [0.1, 0.15) is 11.5 Å². The van der Waals surface area contributed by atoms with E-state index in [0.29, 0.717) is 14.0 Å². The number of aromatic nitrogens is 2. The number of carbonyl (C=O) groups excluding carboxylic acids is 1. The van der Waals surface area contributed by atoms with Gasteiger partial charge in [-0.15, -0.1) is 5.10 Å². The van der Waals surface area contributed by atoms with Crippen molar-refractivity contribution in [3.05, 3.63) is 67.9 Å². The number of nitrogens with zero attached hydrogens (tertiary/aromatic N) is 3. The molecular weight excluding hydrogens is 423 g/mol. The summed E-state index contributed by atoms with van der Waals surface area (Å²) in [4.78, 5) is 22.8. The van der Waals surface area contributed by atoms with Crippen molar-refractivity contribution < 1.29 is 14.1 Å². The lowest BCUT2D eigenvalue weighted by atomic mass is 10.2. The number of rotatable bonds is 6. The summed E-state index contributed by atoms with van der Waals surface area (Å²) in [7, 11) is 0. The number of thioether (sulfide) groups is 1. The number of nitro benzene ring substituents is 1. The second-order valence-electron chi connectivity index (χ2n) is 5.64. The Bertz CT molecular complexity index is 1100. The SMILES string of the molecule is Cc1ccc(NC(=O)CSc2nn(-c3ccc(F)cc3)c(=S)s2)c([N+](=O)[O-])c1. The van der Waals surface area contributed by atoms with E-state index in [1.807, 2.05) is 0 Å². The highest BCUT2D eigenvalue weighted by Gasteiger charge is 2.16. The van der Waals surface area contributed by atoms with Gasteiger partial charge in [0.25, 0.3) is 5.69 Å². The molecule has 0 saturated carbocycles. The minimum Gasteiger partial charge on any atom is -0.320 e. The van der Waals surface area contributed by atoms with Gasteiger partial charge in [-0.25, -0.2) is 9.07 Å². The summed E-state index contributed by atoms with van der Waals surface area (Å²) in [5, 5.41) is 18.0. The van der Waals surface area contributed by atoms with E-state index in [4.69, 9.17) is 12.2 Å². The number of halogens is 1. The van der Waals surface area contributed by atoms with Gasteiger partial charge in [0.2, 0.25) is 5.91 Å². The molecule has 0 unspecified atom stereocenters. The third-order valence-electron chi connectivity index (χ3n) is 3.55. The zero-order valence-corrected chi connectivity index (χ0v) is 16.9. The van der Waals surface area contributed by atoms with Gasteiger partial charge < -0.3 is 5.32 Å². The maximum atomic E-state index is 13.1. The summed E-state index contributed by atoms with van der Waals surface area (Å²) in [6, 6.07) is 10.3. The molecule has 7 nitrogen and oxygen atoms in total. The Kier molecular flexibility index (Phi) is 6.17.